The Bertz CT molecular complexity index is 87.1. The molecule has 0 saturated carbocycles. The summed E-state index contributed by atoms with van der Waals surface area (Å²) in [6.07, 6.45) is 0.722. The lowest BCUT2D eigenvalue weighted by Crippen LogP contribution is -2.47. The first-order valence-corrected chi connectivity index (χ1v) is 3.39. The Hall–Kier alpha value is -0.120. The molecular weight excluding hydrogens is 116 g/mol. The van der Waals surface area contributed by atoms with Crippen molar-refractivity contribution < 1.29 is 5.11 Å². The Balaban J connectivity index is 2.23. The van der Waals surface area contributed by atoms with Gasteiger partial charge in [-0.1, -0.05) is 0 Å². The van der Waals surface area contributed by atoms with Crippen LogP contribution in [-0.2, 0) is 0 Å². The molecule has 1 rings (SSSR count). The molecule has 1 saturated heterocycles. The summed E-state index contributed by atoms with van der Waals surface area (Å²) in [4.78, 5) is 0. The maximum absolute atomic E-state index is 9.11. The van der Waals surface area contributed by atoms with Crippen molar-refractivity contribution in [3.05, 3.63) is 0 Å². The molecule has 1 aliphatic heterocycles. The smallest absolute Gasteiger partial charge is 0.0679 e. The maximum Gasteiger partial charge on any atom is 0.0679 e. The highest BCUT2D eigenvalue weighted by Gasteiger charge is 2.16. The minimum Gasteiger partial charge on any atom is -0.392 e. The van der Waals surface area contributed by atoms with Gasteiger partial charge < -0.3 is 15.7 Å². The lowest BCUT2D eigenvalue weighted by molar-refractivity contribution is 0.126. The third-order valence-electron chi connectivity index (χ3n) is 1.74. The second kappa shape index (κ2) is 3.15. The van der Waals surface area contributed by atoms with Crippen LogP contribution in [0, 0.1) is 0 Å². The summed E-state index contributed by atoms with van der Waals surface area (Å²) in [5.41, 5.74) is 0. The van der Waals surface area contributed by atoms with Crippen molar-refractivity contribution in [3.63, 3.8) is 0 Å². The molecular formula is C6H14N2O. The molecule has 1 aliphatic rings. The largest absolute Gasteiger partial charge is 0.392 e. The van der Waals surface area contributed by atoms with Gasteiger partial charge in [-0.15, -0.1) is 0 Å². The zero-order chi connectivity index (χ0) is 6.69. The van der Waals surface area contributed by atoms with Crippen LogP contribution < -0.4 is 10.6 Å². The quantitative estimate of drug-likeness (QED) is 0.423. The van der Waals surface area contributed by atoms with Gasteiger partial charge in [-0.2, -0.15) is 0 Å². The number of hydrogen-bond acceptors (Lipinski definition) is 3. The molecule has 54 valence electrons. The molecule has 0 radical (unpaired) electrons. The van der Waals surface area contributed by atoms with Gasteiger partial charge in [0.2, 0.25) is 0 Å². The maximum atomic E-state index is 9.11. The molecule has 1 fully saturated rings. The van der Waals surface area contributed by atoms with Gasteiger partial charge in [0.15, 0.2) is 0 Å². The number of aliphatic hydroxyl groups is 1. The third-order valence-corrected chi connectivity index (χ3v) is 1.74. The van der Waals surface area contributed by atoms with Crippen LogP contribution in [0.2, 0.25) is 0 Å². The van der Waals surface area contributed by atoms with Crippen molar-refractivity contribution in [2.75, 3.05) is 20.1 Å². The van der Waals surface area contributed by atoms with Crippen LogP contribution in [0.4, 0.5) is 0 Å². The fourth-order valence-corrected chi connectivity index (χ4v) is 1.14. The molecule has 3 N–H and O–H groups in total. The summed E-state index contributed by atoms with van der Waals surface area (Å²) in [5.74, 6) is 0. The fraction of sp³-hybridized carbons (Fsp3) is 1.00. The Morgan fingerprint density at radius 2 is 2.33 bits per heavy atom. The first-order valence-electron chi connectivity index (χ1n) is 3.39. The van der Waals surface area contributed by atoms with E-state index in [2.05, 4.69) is 10.6 Å². The van der Waals surface area contributed by atoms with Gasteiger partial charge in [0, 0.05) is 19.1 Å². The standard InChI is InChI=1S/C6H14N2O/c1-7-5-2-6(9)4-8-3-5/h5-9H,2-4H2,1H3/t5-,6+/m1/s1. The summed E-state index contributed by atoms with van der Waals surface area (Å²) < 4.78 is 0. The van der Waals surface area contributed by atoms with E-state index in [9.17, 15) is 0 Å². The van der Waals surface area contributed by atoms with E-state index < -0.39 is 0 Å². The summed E-state index contributed by atoms with van der Waals surface area (Å²) in [6.45, 7) is 1.73. The zero-order valence-electron chi connectivity index (χ0n) is 5.72. The monoisotopic (exact) mass is 130 g/mol. The number of β-amino-alcohol motifs (C(OH)–C–C–N with tert-alkyl or cyclic N) is 1. The molecule has 0 amide bonds. The average molecular weight is 130 g/mol. The molecule has 0 aromatic heterocycles. The second-order valence-electron chi connectivity index (χ2n) is 2.53. The molecule has 9 heavy (non-hydrogen) atoms. The topological polar surface area (TPSA) is 44.3 Å². The average Bonchev–Trinajstić information content (AvgIpc) is 1.88. The Labute approximate surface area is 55.5 Å². The number of nitrogens with one attached hydrogen (secondary N) is 2. The van der Waals surface area contributed by atoms with E-state index in [-0.39, 0.29) is 6.10 Å². The molecule has 0 spiro atoms. The van der Waals surface area contributed by atoms with E-state index in [1.54, 1.807) is 0 Å². The highest BCUT2D eigenvalue weighted by Crippen LogP contribution is 2.00. The van der Waals surface area contributed by atoms with Crippen LogP contribution in [0.25, 0.3) is 0 Å². The molecule has 3 heteroatoms. The van der Waals surface area contributed by atoms with Crippen LogP contribution >= 0.6 is 0 Å². The van der Waals surface area contributed by atoms with Gasteiger partial charge in [-0.3, -0.25) is 0 Å². The molecule has 3 nitrogen and oxygen atoms in total. The van der Waals surface area contributed by atoms with Gasteiger partial charge in [-0.25, -0.2) is 0 Å². The fourth-order valence-electron chi connectivity index (χ4n) is 1.14. The van der Waals surface area contributed by atoms with E-state index in [0.717, 1.165) is 19.5 Å². The van der Waals surface area contributed by atoms with Crippen LogP contribution in [-0.4, -0.2) is 37.4 Å². The number of rotatable bonds is 1. The summed E-state index contributed by atoms with van der Waals surface area (Å²) in [5, 5.41) is 15.3. The SMILES string of the molecule is CN[C@H]1CNC[C@@H](O)C1. The molecule has 1 heterocycles. The van der Waals surface area contributed by atoms with Crippen molar-refractivity contribution in [3.8, 4) is 0 Å². The van der Waals surface area contributed by atoms with Crippen molar-refractivity contribution >= 4 is 0 Å². The molecule has 0 aliphatic carbocycles. The van der Waals surface area contributed by atoms with E-state index in [4.69, 9.17) is 5.11 Å². The van der Waals surface area contributed by atoms with Crippen molar-refractivity contribution in [2.24, 2.45) is 0 Å². The lowest BCUT2D eigenvalue weighted by atomic mass is 10.1. The third kappa shape index (κ3) is 1.93. The van der Waals surface area contributed by atoms with E-state index in [1.165, 1.54) is 0 Å². The highest BCUT2D eigenvalue weighted by atomic mass is 16.3. The van der Waals surface area contributed by atoms with Gasteiger partial charge in [0.25, 0.3) is 0 Å². The highest BCUT2D eigenvalue weighted by molar-refractivity contribution is 4.78. The van der Waals surface area contributed by atoms with Crippen molar-refractivity contribution in [1.29, 1.82) is 0 Å². The lowest BCUT2D eigenvalue weighted by Gasteiger charge is -2.26. The van der Waals surface area contributed by atoms with E-state index in [1.807, 2.05) is 7.05 Å². The number of likely N-dealkylation sites (N-methyl/N-ethyl adjacent to an activating group) is 1. The van der Waals surface area contributed by atoms with Gasteiger partial charge in [-0.05, 0) is 13.5 Å². The summed E-state index contributed by atoms with van der Waals surface area (Å²) >= 11 is 0. The summed E-state index contributed by atoms with van der Waals surface area (Å²) in [6, 6.07) is 0.453. The first kappa shape index (κ1) is 6.99. The van der Waals surface area contributed by atoms with Gasteiger partial charge in [0.05, 0.1) is 6.10 Å². The normalized spacial score (nSPS) is 36.7. The van der Waals surface area contributed by atoms with E-state index in [0.29, 0.717) is 6.04 Å². The predicted molar refractivity (Wildman–Crippen MR) is 36.3 cm³/mol. The predicted octanol–water partition coefficient (Wildman–Crippen LogP) is -1.07. The molecule has 0 aromatic carbocycles. The zero-order valence-corrected chi connectivity index (χ0v) is 5.72. The number of hydrogen-bond donors (Lipinski definition) is 3. The van der Waals surface area contributed by atoms with E-state index >= 15 is 0 Å². The molecule has 0 aromatic rings. The van der Waals surface area contributed by atoms with Crippen LogP contribution in [0.5, 0.6) is 0 Å². The Morgan fingerprint density at radius 1 is 1.56 bits per heavy atom. The molecule has 0 bridgehead atoms. The minimum absolute atomic E-state index is 0.156. The van der Waals surface area contributed by atoms with Crippen LogP contribution in [0.15, 0.2) is 0 Å². The van der Waals surface area contributed by atoms with Gasteiger partial charge >= 0.3 is 0 Å². The van der Waals surface area contributed by atoms with Gasteiger partial charge in [0.1, 0.15) is 0 Å². The Morgan fingerprint density at radius 3 is 2.78 bits per heavy atom. The minimum atomic E-state index is -0.156. The molecule has 0 unspecified atom stereocenters. The molecule has 2 atom stereocenters. The van der Waals surface area contributed by atoms with Crippen molar-refractivity contribution in [2.45, 2.75) is 18.6 Å². The Kier molecular flexibility index (Phi) is 2.45. The number of piperidine rings is 1. The first-order chi connectivity index (χ1) is 4.33. The summed E-state index contributed by atoms with van der Waals surface area (Å²) in [7, 11) is 1.92. The van der Waals surface area contributed by atoms with Crippen LogP contribution in [0.1, 0.15) is 6.42 Å². The van der Waals surface area contributed by atoms with Crippen molar-refractivity contribution in [1.82, 2.24) is 10.6 Å². The number of aliphatic hydroxyl groups excluding tert-OH is 1. The second-order valence-corrected chi connectivity index (χ2v) is 2.53. The van der Waals surface area contributed by atoms with Crippen LogP contribution in [0.3, 0.4) is 0 Å².